The summed E-state index contributed by atoms with van der Waals surface area (Å²) >= 11 is 0. The van der Waals surface area contributed by atoms with Crippen LogP contribution in [0.25, 0.3) is 0 Å². The van der Waals surface area contributed by atoms with Gasteiger partial charge in [-0.1, -0.05) is 6.92 Å². The fourth-order valence-corrected chi connectivity index (χ4v) is 1.85. The van der Waals surface area contributed by atoms with Crippen molar-refractivity contribution in [1.29, 1.82) is 0 Å². The average Bonchev–Trinajstić information content (AvgIpc) is 2.49. The van der Waals surface area contributed by atoms with Crippen LogP contribution in [0, 0.1) is 12.8 Å². The third-order valence-electron chi connectivity index (χ3n) is 3.06. The number of carbonyl (C=O) groups excluding carboxylic acids is 1. The van der Waals surface area contributed by atoms with E-state index in [1.54, 1.807) is 36.5 Å². The van der Waals surface area contributed by atoms with Crippen molar-refractivity contribution in [1.82, 2.24) is 15.3 Å². The summed E-state index contributed by atoms with van der Waals surface area (Å²) in [5.74, 6) is 0.499. The van der Waals surface area contributed by atoms with Crippen LogP contribution in [0.4, 0.5) is 5.69 Å². The number of hydrogen-bond acceptors (Lipinski definition) is 5. The molecule has 0 aliphatic carbocycles. The Labute approximate surface area is 142 Å². The van der Waals surface area contributed by atoms with E-state index < -0.39 is 0 Å². The molecule has 2 rings (SSSR count). The Kier molecular flexibility index (Phi) is 7.44. The minimum Gasteiger partial charge on any atom is -0.424 e. The number of halogens is 1. The molecule has 1 amide bonds. The maximum absolute atomic E-state index is 11.9. The minimum absolute atomic E-state index is 0. The van der Waals surface area contributed by atoms with Gasteiger partial charge in [0.25, 0.3) is 0 Å². The Hall–Kier alpha value is -2.18. The highest BCUT2D eigenvalue weighted by atomic mass is 35.5. The summed E-state index contributed by atoms with van der Waals surface area (Å²) in [5, 5.41) is 5.84. The van der Waals surface area contributed by atoms with Crippen LogP contribution in [0.1, 0.15) is 12.6 Å². The van der Waals surface area contributed by atoms with Gasteiger partial charge in [-0.25, -0.2) is 9.97 Å². The van der Waals surface area contributed by atoms with Crippen molar-refractivity contribution in [2.45, 2.75) is 13.8 Å². The second-order valence-corrected chi connectivity index (χ2v) is 5.06. The summed E-state index contributed by atoms with van der Waals surface area (Å²) in [6.45, 7) is 4.38. The van der Waals surface area contributed by atoms with Gasteiger partial charge in [0.2, 0.25) is 5.91 Å². The van der Waals surface area contributed by atoms with Gasteiger partial charge in [-0.15, -0.1) is 12.4 Å². The Balaban J connectivity index is 0.00000264. The first-order valence-electron chi connectivity index (χ1n) is 7.11. The number of carbonyl (C=O) groups is 1. The van der Waals surface area contributed by atoms with Gasteiger partial charge in [-0.05, 0) is 44.3 Å². The van der Waals surface area contributed by atoms with Gasteiger partial charge in [0.1, 0.15) is 5.75 Å². The number of nitrogens with one attached hydrogen (secondary N) is 2. The molecule has 0 fully saturated rings. The SMILES string of the molecule is CNCC(C)C(=O)Nc1ccc(Oc2nccc(C)n2)cc1.Cl. The fraction of sp³-hybridized carbons (Fsp3) is 0.312. The highest BCUT2D eigenvalue weighted by Crippen LogP contribution is 2.20. The lowest BCUT2D eigenvalue weighted by atomic mass is 10.1. The predicted molar refractivity (Wildman–Crippen MR) is 92.3 cm³/mol. The van der Waals surface area contributed by atoms with E-state index in [1.165, 1.54) is 0 Å². The number of rotatable bonds is 6. The number of anilines is 1. The monoisotopic (exact) mass is 336 g/mol. The van der Waals surface area contributed by atoms with E-state index in [4.69, 9.17) is 4.74 Å². The average molecular weight is 337 g/mol. The molecule has 124 valence electrons. The number of aromatic nitrogens is 2. The van der Waals surface area contributed by atoms with Crippen molar-refractivity contribution in [2.75, 3.05) is 18.9 Å². The van der Waals surface area contributed by atoms with Crippen LogP contribution in [0.5, 0.6) is 11.8 Å². The smallest absolute Gasteiger partial charge is 0.322 e. The van der Waals surface area contributed by atoms with Crippen LogP contribution in [0.3, 0.4) is 0 Å². The first-order chi connectivity index (χ1) is 10.6. The Morgan fingerprint density at radius 3 is 2.57 bits per heavy atom. The first-order valence-corrected chi connectivity index (χ1v) is 7.11. The molecule has 0 aliphatic heterocycles. The number of hydrogen-bond donors (Lipinski definition) is 2. The Bertz CT molecular complexity index is 634. The molecular formula is C16H21ClN4O2. The summed E-state index contributed by atoms with van der Waals surface area (Å²) in [4.78, 5) is 20.1. The van der Waals surface area contributed by atoms with Crippen LogP contribution in [-0.2, 0) is 4.79 Å². The van der Waals surface area contributed by atoms with E-state index in [9.17, 15) is 4.79 Å². The van der Waals surface area contributed by atoms with Crippen LogP contribution < -0.4 is 15.4 Å². The molecule has 1 unspecified atom stereocenters. The molecule has 2 N–H and O–H groups in total. The molecule has 7 heteroatoms. The number of benzene rings is 1. The van der Waals surface area contributed by atoms with Gasteiger partial charge in [0.05, 0.1) is 0 Å². The molecule has 1 aromatic carbocycles. The molecule has 0 saturated carbocycles. The van der Waals surface area contributed by atoms with E-state index in [0.29, 0.717) is 18.3 Å². The molecule has 0 saturated heterocycles. The summed E-state index contributed by atoms with van der Waals surface area (Å²) in [7, 11) is 1.82. The zero-order valence-corrected chi connectivity index (χ0v) is 14.2. The molecule has 1 heterocycles. The number of aryl methyl sites for hydroxylation is 1. The van der Waals surface area contributed by atoms with Crippen LogP contribution in [0.15, 0.2) is 36.5 Å². The van der Waals surface area contributed by atoms with Crippen molar-refractivity contribution in [3.8, 4) is 11.8 Å². The van der Waals surface area contributed by atoms with Gasteiger partial charge in [-0.2, -0.15) is 0 Å². The Morgan fingerprint density at radius 1 is 1.26 bits per heavy atom. The molecule has 0 spiro atoms. The molecule has 0 aliphatic rings. The van der Waals surface area contributed by atoms with Crippen LogP contribution in [0.2, 0.25) is 0 Å². The second kappa shape index (κ2) is 9.07. The van der Waals surface area contributed by atoms with E-state index >= 15 is 0 Å². The molecule has 23 heavy (non-hydrogen) atoms. The van der Waals surface area contributed by atoms with Gasteiger partial charge < -0.3 is 15.4 Å². The molecular weight excluding hydrogens is 316 g/mol. The normalized spacial score (nSPS) is 11.3. The lowest BCUT2D eigenvalue weighted by Crippen LogP contribution is -2.28. The van der Waals surface area contributed by atoms with E-state index in [-0.39, 0.29) is 24.2 Å². The third-order valence-corrected chi connectivity index (χ3v) is 3.06. The van der Waals surface area contributed by atoms with Gasteiger partial charge in [-0.3, -0.25) is 4.79 Å². The zero-order valence-electron chi connectivity index (χ0n) is 13.4. The standard InChI is InChI=1S/C16H20N4O2.ClH/c1-11(10-17-3)15(21)20-13-4-6-14(7-5-13)22-16-18-9-8-12(2)19-16;/h4-9,11,17H,10H2,1-3H3,(H,20,21);1H. The maximum Gasteiger partial charge on any atom is 0.322 e. The second-order valence-electron chi connectivity index (χ2n) is 5.06. The van der Waals surface area contributed by atoms with Crippen molar-refractivity contribution >= 4 is 24.0 Å². The summed E-state index contributed by atoms with van der Waals surface area (Å²) in [6.07, 6.45) is 1.65. The lowest BCUT2D eigenvalue weighted by molar-refractivity contribution is -0.119. The molecule has 0 bridgehead atoms. The Morgan fingerprint density at radius 2 is 1.96 bits per heavy atom. The quantitative estimate of drug-likeness (QED) is 0.848. The first kappa shape index (κ1) is 18.9. The molecule has 1 atom stereocenters. The summed E-state index contributed by atoms with van der Waals surface area (Å²) in [6, 6.07) is 9.22. The summed E-state index contributed by atoms with van der Waals surface area (Å²) < 4.78 is 5.56. The summed E-state index contributed by atoms with van der Waals surface area (Å²) in [5.41, 5.74) is 1.57. The highest BCUT2D eigenvalue weighted by molar-refractivity contribution is 5.92. The molecule has 0 radical (unpaired) electrons. The number of nitrogens with zero attached hydrogens (tertiary/aromatic N) is 2. The van der Waals surface area contributed by atoms with Gasteiger partial charge in [0, 0.05) is 30.0 Å². The van der Waals surface area contributed by atoms with Crippen LogP contribution >= 0.6 is 12.4 Å². The van der Waals surface area contributed by atoms with Crippen molar-refractivity contribution in [2.24, 2.45) is 5.92 Å². The molecule has 2 aromatic rings. The van der Waals surface area contributed by atoms with Gasteiger partial charge >= 0.3 is 6.01 Å². The number of amides is 1. The number of ether oxygens (including phenoxy) is 1. The van der Waals surface area contributed by atoms with Crippen molar-refractivity contribution in [3.63, 3.8) is 0 Å². The van der Waals surface area contributed by atoms with Crippen molar-refractivity contribution < 1.29 is 9.53 Å². The largest absolute Gasteiger partial charge is 0.424 e. The third kappa shape index (κ3) is 5.84. The predicted octanol–water partition coefficient (Wildman–Crippen LogP) is 2.79. The maximum atomic E-state index is 11.9. The topological polar surface area (TPSA) is 76.1 Å². The highest BCUT2D eigenvalue weighted by Gasteiger charge is 2.11. The minimum atomic E-state index is -0.0957. The van der Waals surface area contributed by atoms with Gasteiger partial charge in [0.15, 0.2) is 0 Å². The van der Waals surface area contributed by atoms with E-state index in [1.807, 2.05) is 20.9 Å². The molecule has 6 nitrogen and oxygen atoms in total. The van der Waals surface area contributed by atoms with E-state index in [2.05, 4.69) is 20.6 Å². The zero-order chi connectivity index (χ0) is 15.9. The lowest BCUT2D eigenvalue weighted by Gasteiger charge is -2.12. The van der Waals surface area contributed by atoms with Crippen molar-refractivity contribution in [3.05, 3.63) is 42.2 Å². The van der Waals surface area contributed by atoms with E-state index in [0.717, 1.165) is 11.4 Å². The van der Waals surface area contributed by atoms with Crippen LogP contribution in [-0.4, -0.2) is 29.5 Å². The molecule has 1 aromatic heterocycles. The fourth-order valence-electron chi connectivity index (χ4n) is 1.85.